The maximum atomic E-state index is 13.6. The van der Waals surface area contributed by atoms with Crippen LogP contribution in [0.5, 0.6) is 0 Å². The molecule has 1 amide bonds. The van der Waals surface area contributed by atoms with E-state index in [0.717, 1.165) is 25.8 Å². The molecule has 1 atom stereocenters. The van der Waals surface area contributed by atoms with Crippen LogP contribution in [0.3, 0.4) is 0 Å². The van der Waals surface area contributed by atoms with Crippen LogP contribution in [0.15, 0.2) is 18.2 Å². The number of hydrogen-bond donors (Lipinski definition) is 1. The molecule has 5 heteroatoms. The number of piperidine rings is 1. The molecule has 20 heavy (non-hydrogen) atoms. The first-order valence-electron chi connectivity index (χ1n) is 6.95. The monoisotopic (exact) mass is 296 g/mol. The zero-order chi connectivity index (χ0) is 14.5. The third-order valence-electron chi connectivity index (χ3n) is 3.75. The molecule has 1 saturated heterocycles. The van der Waals surface area contributed by atoms with Crippen molar-refractivity contribution >= 4 is 17.7 Å². The van der Waals surface area contributed by atoms with Gasteiger partial charge in [-0.25, -0.2) is 4.39 Å². The van der Waals surface area contributed by atoms with Crippen LogP contribution in [0.25, 0.3) is 0 Å². The highest BCUT2D eigenvalue weighted by atomic mass is 32.2. The number of rotatable bonds is 4. The molecule has 1 fully saturated rings. The number of nitrogens with two attached hydrogens (primary N) is 1. The molecule has 1 aromatic carbocycles. The molecule has 1 aliphatic heterocycles. The molecular weight excluding hydrogens is 275 g/mol. The highest BCUT2D eigenvalue weighted by Crippen LogP contribution is 2.21. The Hall–Kier alpha value is -1.07. The van der Waals surface area contributed by atoms with Gasteiger partial charge in [0, 0.05) is 30.4 Å². The Morgan fingerprint density at radius 3 is 3.00 bits per heavy atom. The van der Waals surface area contributed by atoms with Crippen LogP contribution in [-0.4, -0.2) is 36.2 Å². The van der Waals surface area contributed by atoms with Crippen molar-refractivity contribution in [3.05, 3.63) is 35.1 Å². The van der Waals surface area contributed by atoms with Crippen LogP contribution in [0, 0.1) is 5.82 Å². The van der Waals surface area contributed by atoms with E-state index in [0.29, 0.717) is 23.4 Å². The normalized spacial score (nSPS) is 19.1. The van der Waals surface area contributed by atoms with Crippen LogP contribution in [0.1, 0.15) is 35.2 Å². The van der Waals surface area contributed by atoms with E-state index in [1.165, 1.54) is 6.07 Å². The quantitative estimate of drug-likeness (QED) is 0.929. The van der Waals surface area contributed by atoms with Gasteiger partial charge in [-0.3, -0.25) is 4.79 Å². The zero-order valence-electron chi connectivity index (χ0n) is 11.8. The number of thioether (sulfide) groups is 1. The lowest BCUT2D eigenvalue weighted by atomic mass is 10.0. The molecule has 0 radical (unpaired) electrons. The van der Waals surface area contributed by atoms with Crippen LogP contribution >= 0.6 is 11.8 Å². The van der Waals surface area contributed by atoms with Gasteiger partial charge in [0.05, 0.1) is 0 Å². The minimum atomic E-state index is -0.245. The van der Waals surface area contributed by atoms with E-state index in [9.17, 15) is 9.18 Å². The molecule has 1 aromatic rings. The maximum absolute atomic E-state index is 13.6. The van der Waals surface area contributed by atoms with Gasteiger partial charge in [-0.05, 0) is 49.3 Å². The summed E-state index contributed by atoms with van der Waals surface area (Å²) in [5.41, 5.74) is 6.91. The molecule has 0 unspecified atom stereocenters. The molecular formula is C15H21FN2OS. The lowest BCUT2D eigenvalue weighted by Crippen LogP contribution is -2.47. The number of amides is 1. The number of carbonyl (C=O) groups is 1. The second-order valence-electron chi connectivity index (χ2n) is 5.12. The first-order chi connectivity index (χ1) is 9.67. The molecule has 1 heterocycles. The summed E-state index contributed by atoms with van der Waals surface area (Å²) in [6.07, 6.45) is 5.01. The number of benzene rings is 1. The Balaban J connectivity index is 2.21. The van der Waals surface area contributed by atoms with Crippen molar-refractivity contribution < 1.29 is 9.18 Å². The smallest absolute Gasteiger partial charge is 0.254 e. The summed E-state index contributed by atoms with van der Waals surface area (Å²) in [6, 6.07) is 4.76. The van der Waals surface area contributed by atoms with Crippen molar-refractivity contribution in [1.82, 2.24) is 4.90 Å². The second-order valence-corrected chi connectivity index (χ2v) is 5.99. The van der Waals surface area contributed by atoms with Gasteiger partial charge in [0.25, 0.3) is 5.91 Å². The van der Waals surface area contributed by atoms with Gasteiger partial charge in [-0.1, -0.05) is 0 Å². The molecule has 1 aliphatic rings. The van der Waals surface area contributed by atoms with E-state index in [4.69, 9.17) is 5.73 Å². The molecule has 2 N–H and O–H groups in total. The van der Waals surface area contributed by atoms with E-state index >= 15 is 0 Å². The molecule has 0 aromatic heterocycles. The SMILES string of the molecule is CSCc1cc(C(=O)N2CCCC[C@@H]2CN)ccc1F. The fourth-order valence-corrected chi connectivity index (χ4v) is 3.18. The van der Waals surface area contributed by atoms with Gasteiger partial charge in [0.15, 0.2) is 0 Å². The van der Waals surface area contributed by atoms with E-state index < -0.39 is 0 Å². The maximum Gasteiger partial charge on any atom is 0.254 e. The van der Waals surface area contributed by atoms with Crippen molar-refractivity contribution in [2.24, 2.45) is 5.73 Å². The van der Waals surface area contributed by atoms with Crippen LogP contribution in [0.2, 0.25) is 0 Å². The van der Waals surface area contributed by atoms with Crippen LogP contribution in [-0.2, 0) is 5.75 Å². The summed E-state index contributed by atoms with van der Waals surface area (Å²) in [5.74, 6) is 0.306. The van der Waals surface area contributed by atoms with Gasteiger partial charge >= 0.3 is 0 Å². The fraction of sp³-hybridized carbons (Fsp3) is 0.533. The number of likely N-dealkylation sites (tertiary alicyclic amines) is 1. The topological polar surface area (TPSA) is 46.3 Å². The van der Waals surface area contributed by atoms with Crippen molar-refractivity contribution in [1.29, 1.82) is 0 Å². The Labute approximate surface area is 123 Å². The summed E-state index contributed by atoms with van der Waals surface area (Å²) < 4.78 is 13.6. The van der Waals surface area contributed by atoms with Gasteiger partial charge in [0.2, 0.25) is 0 Å². The number of hydrogen-bond acceptors (Lipinski definition) is 3. The lowest BCUT2D eigenvalue weighted by molar-refractivity contribution is 0.0623. The van der Waals surface area contributed by atoms with E-state index in [-0.39, 0.29) is 17.8 Å². The van der Waals surface area contributed by atoms with Gasteiger partial charge in [-0.15, -0.1) is 0 Å². The first kappa shape index (κ1) is 15.3. The van der Waals surface area contributed by atoms with Gasteiger partial charge < -0.3 is 10.6 Å². The van der Waals surface area contributed by atoms with Gasteiger partial charge in [-0.2, -0.15) is 11.8 Å². The summed E-state index contributed by atoms with van der Waals surface area (Å²) >= 11 is 1.55. The molecule has 0 aliphatic carbocycles. The van der Waals surface area contributed by atoms with E-state index in [1.54, 1.807) is 23.9 Å². The second kappa shape index (κ2) is 7.09. The van der Waals surface area contributed by atoms with Crippen molar-refractivity contribution in [3.8, 4) is 0 Å². The predicted molar refractivity (Wildman–Crippen MR) is 81.3 cm³/mol. The predicted octanol–water partition coefficient (Wildman–Crippen LogP) is 2.64. The highest BCUT2D eigenvalue weighted by molar-refractivity contribution is 7.97. The fourth-order valence-electron chi connectivity index (χ4n) is 2.65. The summed E-state index contributed by atoms with van der Waals surface area (Å²) in [7, 11) is 0. The average Bonchev–Trinajstić information content (AvgIpc) is 2.49. The molecule has 0 saturated carbocycles. The Morgan fingerprint density at radius 2 is 2.30 bits per heavy atom. The van der Waals surface area contributed by atoms with Crippen LogP contribution < -0.4 is 5.73 Å². The standard InChI is InChI=1S/C15H21FN2OS/c1-20-10-12-8-11(5-6-14(12)16)15(19)18-7-3-2-4-13(18)9-17/h5-6,8,13H,2-4,7,9-10,17H2,1H3/t13-/m1/s1. The molecule has 2 rings (SSSR count). The average molecular weight is 296 g/mol. The van der Waals surface area contributed by atoms with E-state index in [2.05, 4.69) is 0 Å². The zero-order valence-corrected chi connectivity index (χ0v) is 12.6. The third-order valence-corrected chi connectivity index (χ3v) is 4.35. The summed E-state index contributed by atoms with van der Waals surface area (Å²) in [4.78, 5) is 14.4. The molecule has 0 spiro atoms. The summed E-state index contributed by atoms with van der Waals surface area (Å²) in [5, 5.41) is 0. The number of halogens is 1. The largest absolute Gasteiger partial charge is 0.334 e. The van der Waals surface area contributed by atoms with Gasteiger partial charge in [0.1, 0.15) is 5.82 Å². The number of nitrogens with zero attached hydrogens (tertiary/aromatic N) is 1. The number of carbonyl (C=O) groups excluding carboxylic acids is 1. The van der Waals surface area contributed by atoms with E-state index in [1.807, 2.05) is 11.2 Å². The van der Waals surface area contributed by atoms with Crippen molar-refractivity contribution in [2.75, 3.05) is 19.3 Å². The minimum absolute atomic E-state index is 0.0255. The minimum Gasteiger partial charge on any atom is -0.334 e. The first-order valence-corrected chi connectivity index (χ1v) is 8.35. The van der Waals surface area contributed by atoms with Crippen molar-refractivity contribution in [3.63, 3.8) is 0 Å². The van der Waals surface area contributed by atoms with Crippen LogP contribution in [0.4, 0.5) is 4.39 Å². The Kier molecular flexibility index (Phi) is 5.43. The third kappa shape index (κ3) is 3.33. The molecule has 3 nitrogen and oxygen atoms in total. The highest BCUT2D eigenvalue weighted by Gasteiger charge is 2.26. The van der Waals surface area contributed by atoms with Crippen molar-refractivity contribution in [2.45, 2.75) is 31.1 Å². The summed E-state index contributed by atoms with van der Waals surface area (Å²) in [6.45, 7) is 1.24. The Bertz CT molecular complexity index is 481. The lowest BCUT2D eigenvalue weighted by Gasteiger charge is -2.35. The molecule has 110 valence electrons. The molecule has 0 bridgehead atoms. The Morgan fingerprint density at radius 1 is 1.50 bits per heavy atom.